The van der Waals surface area contributed by atoms with Crippen molar-refractivity contribution in [3.8, 4) is 0 Å². The third-order valence-electron chi connectivity index (χ3n) is 4.54. The van der Waals surface area contributed by atoms with Crippen LogP contribution in [0.2, 0.25) is 0 Å². The molecule has 3 aliphatic rings. The van der Waals surface area contributed by atoms with E-state index in [1.807, 2.05) is 0 Å². The molecular formula is C17H37N2+. The average molecular weight is 269 g/mol. The predicted molar refractivity (Wildman–Crippen MR) is 85.4 cm³/mol. The van der Waals surface area contributed by atoms with Crippen LogP contribution >= 0.6 is 0 Å². The molecule has 0 aromatic carbocycles. The predicted octanol–water partition coefficient (Wildman–Crippen LogP) is 3.62. The van der Waals surface area contributed by atoms with Crippen LogP contribution in [0.3, 0.4) is 0 Å². The molecule has 3 heterocycles. The Balaban J connectivity index is 0.000000258. The fourth-order valence-electron chi connectivity index (χ4n) is 2.97. The van der Waals surface area contributed by atoms with E-state index in [1.54, 1.807) is 0 Å². The van der Waals surface area contributed by atoms with Crippen molar-refractivity contribution >= 4 is 0 Å². The normalized spacial score (nSPS) is 30.8. The molecule has 0 aliphatic carbocycles. The lowest BCUT2D eigenvalue weighted by Gasteiger charge is -2.52. The minimum atomic E-state index is 0.500. The molecule has 0 N–H and O–H groups in total. The Kier molecular flexibility index (Phi) is 5.48. The summed E-state index contributed by atoms with van der Waals surface area (Å²) in [6, 6.07) is 0. The van der Waals surface area contributed by atoms with E-state index < -0.39 is 0 Å². The molecule has 2 nitrogen and oxygen atoms in total. The minimum Gasteiger partial charge on any atom is -0.320 e. The Hall–Kier alpha value is -0.0800. The lowest BCUT2D eigenvalue weighted by Crippen LogP contribution is -2.68. The Morgan fingerprint density at radius 2 is 1.16 bits per heavy atom. The molecule has 114 valence electrons. The van der Waals surface area contributed by atoms with E-state index in [0.717, 1.165) is 0 Å². The van der Waals surface area contributed by atoms with E-state index in [9.17, 15) is 0 Å². The third-order valence-corrected chi connectivity index (χ3v) is 4.54. The number of piperazine rings is 3. The van der Waals surface area contributed by atoms with Crippen molar-refractivity contribution in [2.75, 3.05) is 45.8 Å². The molecule has 0 aromatic heterocycles. The zero-order valence-corrected chi connectivity index (χ0v) is 14.6. The van der Waals surface area contributed by atoms with Crippen molar-refractivity contribution in [1.82, 2.24) is 4.90 Å². The summed E-state index contributed by atoms with van der Waals surface area (Å²) in [4.78, 5) is 2.61. The van der Waals surface area contributed by atoms with Crippen LogP contribution in [0.1, 0.15) is 54.9 Å². The van der Waals surface area contributed by atoms with Crippen molar-refractivity contribution in [3.63, 3.8) is 0 Å². The Morgan fingerprint density at radius 1 is 0.789 bits per heavy atom. The number of nitrogens with zero attached hydrogens (tertiary/aromatic N) is 2. The van der Waals surface area contributed by atoms with Gasteiger partial charge in [-0.25, -0.2) is 0 Å². The minimum absolute atomic E-state index is 0.500. The van der Waals surface area contributed by atoms with Crippen LogP contribution in [0.4, 0.5) is 0 Å². The molecule has 0 unspecified atom stereocenters. The maximum atomic E-state index is 2.61. The summed E-state index contributed by atoms with van der Waals surface area (Å²) in [6.45, 7) is 25.7. The topological polar surface area (TPSA) is 3.24 Å². The number of hydrogen-bond donors (Lipinski definition) is 0. The van der Waals surface area contributed by atoms with Crippen LogP contribution in [0.5, 0.6) is 0 Å². The number of fused-ring (bicyclic) bond motifs is 3. The van der Waals surface area contributed by atoms with Gasteiger partial charge in [0.1, 0.15) is 0 Å². The lowest BCUT2D eigenvalue weighted by molar-refractivity contribution is -0.946. The molecule has 19 heavy (non-hydrogen) atoms. The number of quaternary nitrogens is 1. The summed E-state index contributed by atoms with van der Waals surface area (Å²) < 4.78 is 1.40. The van der Waals surface area contributed by atoms with E-state index in [1.165, 1.54) is 56.7 Å². The summed E-state index contributed by atoms with van der Waals surface area (Å²) in [7, 11) is 0. The molecule has 0 saturated carbocycles. The van der Waals surface area contributed by atoms with E-state index in [4.69, 9.17) is 0 Å². The molecular weight excluding hydrogens is 232 g/mol. The molecule has 0 spiro atoms. The van der Waals surface area contributed by atoms with Crippen molar-refractivity contribution in [2.24, 2.45) is 10.8 Å². The maximum absolute atomic E-state index is 2.61. The first-order chi connectivity index (χ1) is 8.55. The van der Waals surface area contributed by atoms with Gasteiger partial charge in [-0.2, -0.15) is 0 Å². The summed E-state index contributed by atoms with van der Waals surface area (Å²) in [5.41, 5.74) is 1.04. The van der Waals surface area contributed by atoms with Gasteiger partial charge >= 0.3 is 0 Å². The fraction of sp³-hybridized carbons (Fsp3) is 1.00. The Morgan fingerprint density at radius 3 is 1.42 bits per heavy atom. The molecule has 3 saturated heterocycles. The van der Waals surface area contributed by atoms with Gasteiger partial charge < -0.3 is 4.48 Å². The average Bonchev–Trinajstić information content (AvgIpc) is 2.28. The quantitative estimate of drug-likeness (QED) is 0.657. The summed E-state index contributed by atoms with van der Waals surface area (Å²) in [5.74, 6) is 0. The molecule has 3 rings (SSSR count). The summed E-state index contributed by atoms with van der Waals surface area (Å²) >= 11 is 0. The second-order valence-corrected chi connectivity index (χ2v) is 8.99. The standard InChI is InChI=1S/C11H23N2.C6H14/c1-11(2,3)10-13-7-4-12(5-8-13)6-9-13;1-5-6(2,3)4/h4-10H2,1-3H3;5H2,1-4H3/q+1;. The molecule has 3 aliphatic heterocycles. The molecule has 0 atom stereocenters. The van der Waals surface area contributed by atoms with Gasteiger partial charge in [-0.3, -0.25) is 4.90 Å². The van der Waals surface area contributed by atoms with Crippen LogP contribution in [-0.4, -0.2) is 55.2 Å². The summed E-state index contributed by atoms with van der Waals surface area (Å²) in [6.07, 6.45) is 1.27. The van der Waals surface area contributed by atoms with Gasteiger partial charge in [0.05, 0.1) is 26.2 Å². The van der Waals surface area contributed by atoms with Gasteiger partial charge in [-0.05, 0) is 5.41 Å². The molecule has 2 heteroatoms. The van der Waals surface area contributed by atoms with E-state index >= 15 is 0 Å². The van der Waals surface area contributed by atoms with E-state index in [2.05, 4.69) is 53.4 Å². The van der Waals surface area contributed by atoms with Crippen molar-refractivity contribution in [3.05, 3.63) is 0 Å². The smallest absolute Gasteiger partial charge is 0.0916 e. The first-order valence-electron chi connectivity index (χ1n) is 8.13. The molecule has 3 fully saturated rings. The first kappa shape index (κ1) is 17.0. The fourth-order valence-corrected chi connectivity index (χ4v) is 2.97. The van der Waals surface area contributed by atoms with Crippen molar-refractivity contribution < 1.29 is 4.48 Å². The van der Waals surface area contributed by atoms with Gasteiger partial charge in [0, 0.05) is 25.0 Å². The van der Waals surface area contributed by atoms with Crippen LogP contribution < -0.4 is 0 Å². The van der Waals surface area contributed by atoms with E-state index in [-0.39, 0.29) is 0 Å². The highest BCUT2D eigenvalue weighted by molar-refractivity contribution is 4.73. The highest BCUT2D eigenvalue weighted by atomic mass is 15.5. The monoisotopic (exact) mass is 269 g/mol. The van der Waals surface area contributed by atoms with Crippen molar-refractivity contribution in [1.29, 1.82) is 0 Å². The summed E-state index contributed by atoms with van der Waals surface area (Å²) in [5, 5.41) is 0. The zero-order valence-electron chi connectivity index (χ0n) is 14.6. The van der Waals surface area contributed by atoms with Crippen LogP contribution in [-0.2, 0) is 0 Å². The van der Waals surface area contributed by atoms with Gasteiger partial charge in [-0.1, -0.05) is 54.9 Å². The Labute approximate surface area is 121 Å². The molecule has 0 radical (unpaired) electrons. The maximum Gasteiger partial charge on any atom is 0.0916 e. The number of hydrogen-bond acceptors (Lipinski definition) is 1. The second-order valence-electron chi connectivity index (χ2n) is 8.99. The van der Waals surface area contributed by atoms with Gasteiger partial charge in [0.15, 0.2) is 0 Å². The highest BCUT2D eigenvalue weighted by Gasteiger charge is 2.40. The van der Waals surface area contributed by atoms with Gasteiger partial charge in [-0.15, -0.1) is 0 Å². The van der Waals surface area contributed by atoms with E-state index in [0.29, 0.717) is 10.8 Å². The largest absolute Gasteiger partial charge is 0.320 e. The Bertz CT molecular complexity index is 248. The molecule has 0 aromatic rings. The van der Waals surface area contributed by atoms with Crippen LogP contribution in [0.25, 0.3) is 0 Å². The molecule has 0 amide bonds. The number of rotatable bonds is 1. The zero-order chi connectivity index (χ0) is 14.7. The van der Waals surface area contributed by atoms with Gasteiger partial charge in [0.25, 0.3) is 0 Å². The second kappa shape index (κ2) is 6.13. The molecule has 2 bridgehead atoms. The SMILES string of the molecule is CC(C)(C)C[N+]12CCN(CC1)CC2.CCC(C)(C)C. The van der Waals surface area contributed by atoms with Crippen molar-refractivity contribution in [2.45, 2.75) is 54.9 Å². The van der Waals surface area contributed by atoms with Gasteiger partial charge in [0.2, 0.25) is 0 Å². The van der Waals surface area contributed by atoms with Crippen LogP contribution in [0, 0.1) is 10.8 Å². The highest BCUT2D eigenvalue weighted by Crippen LogP contribution is 2.26. The third kappa shape index (κ3) is 6.27. The lowest BCUT2D eigenvalue weighted by atomic mass is 9.93. The first-order valence-corrected chi connectivity index (χ1v) is 8.13. The van der Waals surface area contributed by atoms with Crippen LogP contribution in [0.15, 0.2) is 0 Å².